The molecule has 0 heterocycles. The maximum absolute atomic E-state index is 13.4. The van der Waals surface area contributed by atoms with Crippen molar-refractivity contribution < 1.29 is 9.50 Å². The number of benzene rings is 1. The summed E-state index contributed by atoms with van der Waals surface area (Å²) >= 11 is 0. The molecule has 0 saturated carbocycles. The number of hydrogen-bond acceptors (Lipinski definition) is 2. The fourth-order valence-electron chi connectivity index (χ4n) is 1.77. The molecular formula is C15H20FNO. The van der Waals surface area contributed by atoms with Gasteiger partial charge >= 0.3 is 0 Å². The average molecular weight is 249 g/mol. The molecule has 0 fully saturated rings. The van der Waals surface area contributed by atoms with Gasteiger partial charge in [0.15, 0.2) is 0 Å². The molecule has 0 aliphatic heterocycles. The highest BCUT2D eigenvalue weighted by molar-refractivity contribution is 5.37. The number of aliphatic hydroxyl groups is 1. The van der Waals surface area contributed by atoms with E-state index in [1.807, 2.05) is 13.1 Å². The molecule has 1 aromatic carbocycles. The van der Waals surface area contributed by atoms with Crippen molar-refractivity contribution in [2.45, 2.75) is 26.3 Å². The Labute approximate surface area is 108 Å². The molecule has 0 atom stereocenters. The number of hydrogen-bond donors (Lipinski definition) is 1. The van der Waals surface area contributed by atoms with Crippen molar-refractivity contribution in [3.63, 3.8) is 0 Å². The predicted octanol–water partition coefficient (Wildman–Crippen LogP) is 2.40. The number of halogens is 1. The van der Waals surface area contributed by atoms with E-state index in [0.717, 1.165) is 24.9 Å². The molecule has 0 radical (unpaired) electrons. The molecule has 0 bridgehead atoms. The Hall–Kier alpha value is -1.37. The van der Waals surface area contributed by atoms with E-state index in [1.54, 1.807) is 0 Å². The molecule has 0 unspecified atom stereocenters. The van der Waals surface area contributed by atoms with Gasteiger partial charge in [0.25, 0.3) is 0 Å². The van der Waals surface area contributed by atoms with Gasteiger partial charge < -0.3 is 10.0 Å². The van der Waals surface area contributed by atoms with Gasteiger partial charge in [0.1, 0.15) is 12.4 Å². The van der Waals surface area contributed by atoms with Crippen LogP contribution >= 0.6 is 0 Å². The number of nitrogens with zero attached hydrogens (tertiary/aromatic N) is 1. The van der Waals surface area contributed by atoms with E-state index in [4.69, 9.17) is 5.11 Å². The van der Waals surface area contributed by atoms with Crippen LogP contribution in [0.25, 0.3) is 0 Å². The largest absolute Gasteiger partial charge is 0.384 e. The van der Waals surface area contributed by atoms with Crippen molar-refractivity contribution in [1.29, 1.82) is 0 Å². The van der Waals surface area contributed by atoms with Gasteiger partial charge in [-0.25, -0.2) is 4.39 Å². The van der Waals surface area contributed by atoms with E-state index < -0.39 is 0 Å². The summed E-state index contributed by atoms with van der Waals surface area (Å²) in [6.07, 6.45) is 2.30. The van der Waals surface area contributed by atoms with Gasteiger partial charge in [-0.3, -0.25) is 0 Å². The minimum atomic E-state index is -0.279. The summed E-state index contributed by atoms with van der Waals surface area (Å²) in [7, 11) is 2.03. The van der Waals surface area contributed by atoms with E-state index in [-0.39, 0.29) is 12.4 Å². The van der Waals surface area contributed by atoms with E-state index in [1.165, 1.54) is 12.1 Å². The highest BCUT2D eigenvalue weighted by Gasteiger charge is 2.03. The van der Waals surface area contributed by atoms with Crippen LogP contribution in [-0.4, -0.2) is 30.2 Å². The Morgan fingerprint density at radius 2 is 2.11 bits per heavy atom. The van der Waals surface area contributed by atoms with Crippen molar-refractivity contribution in [2.75, 3.05) is 20.2 Å². The zero-order valence-electron chi connectivity index (χ0n) is 11.0. The van der Waals surface area contributed by atoms with E-state index in [0.29, 0.717) is 12.1 Å². The zero-order chi connectivity index (χ0) is 13.4. The Bertz CT molecular complexity index is 434. The lowest BCUT2D eigenvalue weighted by Gasteiger charge is -2.16. The lowest BCUT2D eigenvalue weighted by molar-refractivity contribution is 0.320. The van der Waals surface area contributed by atoms with E-state index in [9.17, 15) is 4.39 Å². The van der Waals surface area contributed by atoms with E-state index in [2.05, 4.69) is 23.7 Å². The Balaban J connectivity index is 2.73. The van der Waals surface area contributed by atoms with E-state index >= 15 is 0 Å². The second kappa shape index (κ2) is 7.86. The van der Waals surface area contributed by atoms with Gasteiger partial charge in [0.2, 0.25) is 0 Å². The minimum absolute atomic E-state index is 0.206. The van der Waals surface area contributed by atoms with Crippen LogP contribution in [0.4, 0.5) is 4.39 Å². The molecule has 0 aromatic heterocycles. The van der Waals surface area contributed by atoms with Crippen molar-refractivity contribution in [3.8, 4) is 11.8 Å². The third-order valence-corrected chi connectivity index (χ3v) is 2.62. The van der Waals surface area contributed by atoms with Gasteiger partial charge in [-0.1, -0.05) is 25.2 Å². The summed E-state index contributed by atoms with van der Waals surface area (Å²) in [6.45, 7) is 3.66. The third-order valence-electron chi connectivity index (χ3n) is 2.62. The Morgan fingerprint density at radius 1 is 1.33 bits per heavy atom. The molecule has 0 aliphatic carbocycles. The topological polar surface area (TPSA) is 23.5 Å². The zero-order valence-corrected chi connectivity index (χ0v) is 11.0. The number of unbranched alkanes of at least 4 members (excludes halogenated alkanes) is 1. The third kappa shape index (κ3) is 5.31. The van der Waals surface area contributed by atoms with Gasteiger partial charge in [0, 0.05) is 12.1 Å². The molecular weight excluding hydrogens is 229 g/mol. The maximum Gasteiger partial charge on any atom is 0.124 e. The van der Waals surface area contributed by atoms with Gasteiger partial charge in [0.05, 0.1) is 0 Å². The maximum atomic E-state index is 13.4. The van der Waals surface area contributed by atoms with Crippen LogP contribution in [0.2, 0.25) is 0 Å². The Kier molecular flexibility index (Phi) is 6.42. The average Bonchev–Trinajstić information content (AvgIpc) is 2.33. The first kappa shape index (κ1) is 14.7. The van der Waals surface area contributed by atoms with Gasteiger partial charge in [-0.2, -0.15) is 0 Å². The Morgan fingerprint density at radius 3 is 2.78 bits per heavy atom. The molecule has 0 aliphatic rings. The molecule has 1 N–H and O–H groups in total. The lowest BCUT2D eigenvalue weighted by atomic mass is 10.1. The molecule has 98 valence electrons. The van der Waals surface area contributed by atoms with Crippen molar-refractivity contribution in [3.05, 3.63) is 35.1 Å². The molecule has 18 heavy (non-hydrogen) atoms. The first-order valence-electron chi connectivity index (χ1n) is 6.23. The lowest BCUT2D eigenvalue weighted by Crippen LogP contribution is -2.19. The quantitative estimate of drug-likeness (QED) is 0.810. The summed E-state index contributed by atoms with van der Waals surface area (Å²) in [5, 5.41) is 8.63. The summed E-state index contributed by atoms with van der Waals surface area (Å²) in [4.78, 5) is 2.17. The van der Waals surface area contributed by atoms with Crippen LogP contribution in [0.5, 0.6) is 0 Å². The highest BCUT2D eigenvalue weighted by Crippen LogP contribution is 2.11. The number of rotatable bonds is 5. The highest BCUT2D eigenvalue weighted by atomic mass is 19.1. The molecule has 0 amide bonds. The molecule has 0 spiro atoms. The predicted molar refractivity (Wildman–Crippen MR) is 71.6 cm³/mol. The fourth-order valence-corrected chi connectivity index (χ4v) is 1.77. The van der Waals surface area contributed by atoms with Crippen molar-refractivity contribution >= 4 is 0 Å². The molecule has 0 saturated heterocycles. The van der Waals surface area contributed by atoms with Crippen molar-refractivity contribution in [1.82, 2.24) is 4.90 Å². The molecule has 1 rings (SSSR count). The normalized spacial score (nSPS) is 10.3. The van der Waals surface area contributed by atoms with Gasteiger partial charge in [-0.05, 0) is 43.8 Å². The SMILES string of the molecule is CCCCN(C)Cc1cc(F)cc(C#CCO)c1. The standard InChI is InChI=1S/C15H20FNO/c1-3-4-7-17(2)12-14-9-13(6-5-8-18)10-15(16)11-14/h9-11,18H,3-4,7-8,12H2,1-2H3. The van der Waals surface area contributed by atoms with Crippen LogP contribution in [0.3, 0.4) is 0 Å². The summed E-state index contributed by atoms with van der Waals surface area (Å²) in [5.41, 5.74) is 1.53. The second-order valence-corrected chi connectivity index (χ2v) is 4.40. The smallest absolute Gasteiger partial charge is 0.124 e. The second-order valence-electron chi connectivity index (χ2n) is 4.40. The van der Waals surface area contributed by atoms with Crippen LogP contribution in [0.15, 0.2) is 18.2 Å². The van der Waals surface area contributed by atoms with Crippen molar-refractivity contribution in [2.24, 2.45) is 0 Å². The summed E-state index contributed by atoms with van der Waals surface area (Å²) in [6, 6.07) is 4.79. The summed E-state index contributed by atoms with van der Waals surface area (Å²) < 4.78 is 13.4. The fraction of sp³-hybridized carbons (Fsp3) is 0.467. The molecule has 3 heteroatoms. The molecule has 2 nitrogen and oxygen atoms in total. The summed E-state index contributed by atoms with van der Waals surface area (Å²) in [5.74, 6) is 4.99. The van der Waals surface area contributed by atoms with Crippen LogP contribution in [0, 0.1) is 17.7 Å². The van der Waals surface area contributed by atoms with Crippen LogP contribution in [0.1, 0.15) is 30.9 Å². The van der Waals surface area contributed by atoms with Crippen LogP contribution in [-0.2, 0) is 6.54 Å². The molecule has 1 aromatic rings. The van der Waals surface area contributed by atoms with Crippen LogP contribution < -0.4 is 0 Å². The number of aliphatic hydroxyl groups excluding tert-OH is 1. The van der Waals surface area contributed by atoms with Gasteiger partial charge in [-0.15, -0.1) is 0 Å². The first-order chi connectivity index (χ1) is 8.65. The monoisotopic (exact) mass is 249 g/mol. The minimum Gasteiger partial charge on any atom is -0.384 e. The first-order valence-corrected chi connectivity index (χ1v) is 6.23.